The Morgan fingerprint density at radius 1 is 1.18 bits per heavy atom. The average Bonchev–Trinajstić information content (AvgIpc) is 3.18. The van der Waals surface area contributed by atoms with E-state index >= 15 is 0 Å². The maximum Gasteiger partial charge on any atom is 0.349 e. The summed E-state index contributed by atoms with van der Waals surface area (Å²) in [4.78, 5) is 24.1. The van der Waals surface area contributed by atoms with Gasteiger partial charge in [-0.15, -0.1) is 0 Å². The number of aryl methyl sites for hydroxylation is 1. The normalized spacial score (nSPS) is 12.2. The number of hydrogen-bond donors (Lipinski definition) is 1. The minimum absolute atomic E-state index is 0.131. The number of hydrogen-bond acceptors (Lipinski definition) is 6. The van der Waals surface area contributed by atoms with E-state index in [1.54, 1.807) is 36.4 Å². The number of esters is 1. The Balaban J connectivity index is 1.57. The molecule has 0 fully saturated rings. The van der Waals surface area contributed by atoms with Crippen molar-refractivity contribution in [1.82, 2.24) is 0 Å². The predicted molar refractivity (Wildman–Crippen MR) is 102 cm³/mol. The molecule has 0 saturated carbocycles. The summed E-state index contributed by atoms with van der Waals surface area (Å²) >= 11 is 0. The van der Waals surface area contributed by atoms with Crippen LogP contribution in [-0.2, 0) is 20.7 Å². The molecule has 1 N–H and O–H groups in total. The van der Waals surface area contributed by atoms with Crippen molar-refractivity contribution in [3.05, 3.63) is 59.2 Å². The van der Waals surface area contributed by atoms with Crippen molar-refractivity contribution in [2.24, 2.45) is 0 Å². The van der Waals surface area contributed by atoms with E-state index < -0.39 is 18.5 Å². The van der Waals surface area contributed by atoms with Crippen LogP contribution in [0.2, 0.25) is 0 Å². The Kier molecular flexibility index (Phi) is 5.92. The second kappa shape index (κ2) is 8.73. The number of fused-ring (bicyclic) bond motifs is 1. The smallest absolute Gasteiger partial charge is 0.349 e. The van der Waals surface area contributed by atoms with Gasteiger partial charge in [0.15, 0.2) is 18.1 Å². The zero-order valence-electron chi connectivity index (χ0n) is 15.2. The molecule has 1 aliphatic rings. The van der Waals surface area contributed by atoms with Gasteiger partial charge in [-0.05, 0) is 47.9 Å². The molecule has 2 aromatic rings. The van der Waals surface area contributed by atoms with Crippen LogP contribution in [0.1, 0.15) is 18.1 Å². The van der Waals surface area contributed by atoms with Gasteiger partial charge in [0.25, 0.3) is 5.91 Å². The molecule has 2 aromatic carbocycles. The summed E-state index contributed by atoms with van der Waals surface area (Å²) in [5.74, 6) is -0.232. The van der Waals surface area contributed by atoms with Crippen molar-refractivity contribution in [1.29, 1.82) is 5.26 Å². The van der Waals surface area contributed by atoms with Crippen LogP contribution in [0, 0.1) is 11.3 Å². The molecule has 7 heteroatoms. The highest BCUT2D eigenvalue weighted by Gasteiger charge is 2.16. The van der Waals surface area contributed by atoms with E-state index in [9.17, 15) is 14.9 Å². The maximum atomic E-state index is 12.1. The molecule has 0 aromatic heterocycles. The monoisotopic (exact) mass is 378 g/mol. The standard InChI is InChI=1S/C21H18N2O5/c1-2-14-3-6-17(7-4-14)23-20(24)12-26-21(25)16(11-22)9-15-5-8-18-19(10-15)28-13-27-18/h3-10H,2,12-13H2,1H3,(H,23,24). The molecule has 142 valence electrons. The fourth-order valence-corrected chi connectivity index (χ4v) is 2.54. The van der Waals surface area contributed by atoms with Crippen molar-refractivity contribution < 1.29 is 23.8 Å². The first kappa shape index (κ1) is 19.0. The van der Waals surface area contributed by atoms with E-state index in [0.29, 0.717) is 22.7 Å². The number of nitrogens with one attached hydrogen (secondary N) is 1. The summed E-state index contributed by atoms with van der Waals surface area (Å²) in [6.45, 7) is 1.68. The van der Waals surface area contributed by atoms with Crippen molar-refractivity contribution in [3.63, 3.8) is 0 Å². The Hall–Kier alpha value is -3.79. The molecule has 0 radical (unpaired) electrons. The lowest BCUT2D eigenvalue weighted by molar-refractivity contribution is -0.142. The summed E-state index contributed by atoms with van der Waals surface area (Å²) in [6, 6.07) is 14.2. The van der Waals surface area contributed by atoms with Gasteiger partial charge in [0.2, 0.25) is 6.79 Å². The summed E-state index contributed by atoms with van der Waals surface area (Å²) in [5, 5.41) is 11.9. The fraction of sp³-hybridized carbons (Fsp3) is 0.190. The van der Waals surface area contributed by atoms with Crippen molar-refractivity contribution in [2.75, 3.05) is 18.7 Å². The Morgan fingerprint density at radius 3 is 2.64 bits per heavy atom. The minimum Gasteiger partial charge on any atom is -0.454 e. The predicted octanol–water partition coefficient (Wildman–Crippen LogP) is 3.07. The second-order valence-electron chi connectivity index (χ2n) is 5.96. The molecule has 3 rings (SSSR count). The van der Waals surface area contributed by atoms with E-state index in [1.807, 2.05) is 19.1 Å². The number of carbonyl (C=O) groups excluding carboxylic acids is 2. The van der Waals surface area contributed by atoms with Crippen LogP contribution in [-0.4, -0.2) is 25.3 Å². The zero-order valence-corrected chi connectivity index (χ0v) is 15.2. The molecule has 1 aliphatic heterocycles. The summed E-state index contributed by atoms with van der Waals surface area (Å²) in [7, 11) is 0. The first-order valence-electron chi connectivity index (χ1n) is 8.66. The number of ether oxygens (including phenoxy) is 3. The first-order chi connectivity index (χ1) is 13.6. The SMILES string of the molecule is CCc1ccc(NC(=O)COC(=O)C(C#N)=Cc2ccc3c(c2)OCO3)cc1. The number of carbonyl (C=O) groups is 2. The zero-order chi connectivity index (χ0) is 19.9. The van der Waals surface area contributed by atoms with Gasteiger partial charge in [-0.25, -0.2) is 4.79 Å². The Morgan fingerprint density at radius 2 is 1.93 bits per heavy atom. The highest BCUT2D eigenvalue weighted by Crippen LogP contribution is 2.33. The van der Waals surface area contributed by atoms with Gasteiger partial charge in [0, 0.05) is 5.69 Å². The minimum atomic E-state index is -0.878. The summed E-state index contributed by atoms with van der Waals surface area (Å²) in [6.07, 6.45) is 2.27. The van der Waals surface area contributed by atoms with E-state index in [1.165, 1.54) is 6.08 Å². The summed E-state index contributed by atoms with van der Waals surface area (Å²) < 4.78 is 15.4. The molecule has 0 saturated heterocycles. The Labute approximate surface area is 162 Å². The molecular weight excluding hydrogens is 360 g/mol. The van der Waals surface area contributed by atoms with Gasteiger partial charge >= 0.3 is 5.97 Å². The van der Waals surface area contributed by atoms with Crippen molar-refractivity contribution in [3.8, 4) is 17.6 Å². The van der Waals surface area contributed by atoms with Crippen molar-refractivity contribution in [2.45, 2.75) is 13.3 Å². The molecule has 0 unspecified atom stereocenters. The number of nitriles is 1. The van der Waals surface area contributed by atoms with Crippen LogP contribution < -0.4 is 14.8 Å². The van der Waals surface area contributed by atoms with Gasteiger partial charge < -0.3 is 19.5 Å². The second-order valence-corrected chi connectivity index (χ2v) is 5.96. The average molecular weight is 378 g/mol. The fourth-order valence-electron chi connectivity index (χ4n) is 2.54. The van der Waals surface area contributed by atoms with Gasteiger partial charge in [0.05, 0.1) is 0 Å². The number of amides is 1. The third-order valence-electron chi connectivity index (χ3n) is 4.03. The van der Waals surface area contributed by atoms with Crippen molar-refractivity contribution >= 4 is 23.6 Å². The van der Waals surface area contributed by atoms with Crippen LogP contribution in [0.3, 0.4) is 0 Å². The van der Waals surface area contributed by atoms with Crippen LogP contribution in [0.4, 0.5) is 5.69 Å². The third-order valence-corrected chi connectivity index (χ3v) is 4.03. The van der Waals surface area contributed by atoms with Gasteiger partial charge in [0.1, 0.15) is 11.6 Å². The molecule has 7 nitrogen and oxygen atoms in total. The Bertz CT molecular complexity index is 958. The number of nitrogens with zero attached hydrogens (tertiary/aromatic N) is 1. The largest absolute Gasteiger partial charge is 0.454 e. The van der Waals surface area contributed by atoms with Gasteiger partial charge in [-0.2, -0.15) is 5.26 Å². The molecule has 0 bridgehead atoms. The molecule has 28 heavy (non-hydrogen) atoms. The molecule has 0 spiro atoms. The lowest BCUT2D eigenvalue weighted by Crippen LogP contribution is -2.21. The van der Waals surface area contributed by atoms with E-state index in [2.05, 4.69) is 5.32 Å². The quantitative estimate of drug-likeness (QED) is 0.471. The molecule has 1 heterocycles. The lowest BCUT2D eigenvalue weighted by atomic mass is 10.1. The highest BCUT2D eigenvalue weighted by molar-refractivity contribution is 6.00. The molecule has 0 aliphatic carbocycles. The third kappa shape index (κ3) is 4.68. The topological polar surface area (TPSA) is 97.7 Å². The first-order valence-corrected chi connectivity index (χ1v) is 8.66. The molecular formula is C21H18N2O5. The highest BCUT2D eigenvalue weighted by atomic mass is 16.7. The van der Waals surface area contributed by atoms with Gasteiger partial charge in [-0.1, -0.05) is 25.1 Å². The number of benzene rings is 2. The molecule has 0 atom stereocenters. The number of anilines is 1. The van der Waals surface area contributed by atoms with E-state index in [4.69, 9.17) is 14.2 Å². The van der Waals surface area contributed by atoms with Crippen LogP contribution >= 0.6 is 0 Å². The summed E-state index contributed by atoms with van der Waals surface area (Å²) in [5.41, 5.74) is 2.11. The van der Waals surface area contributed by atoms with E-state index in [-0.39, 0.29) is 12.4 Å². The van der Waals surface area contributed by atoms with E-state index in [0.717, 1.165) is 12.0 Å². The lowest BCUT2D eigenvalue weighted by Gasteiger charge is -2.07. The van der Waals surface area contributed by atoms with Crippen LogP contribution in [0.15, 0.2) is 48.0 Å². The maximum absolute atomic E-state index is 12.1. The van der Waals surface area contributed by atoms with Crippen LogP contribution in [0.25, 0.3) is 6.08 Å². The number of rotatable bonds is 6. The molecule has 1 amide bonds. The van der Waals surface area contributed by atoms with Crippen LogP contribution in [0.5, 0.6) is 11.5 Å². The van der Waals surface area contributed by atoms with Gasteiger partial charge in [-0.3, -0.25) is 4.79 Å².